The Kier molecular flexibility index (Phi) is 4.97. The molecule has 25 heavy (non-hydrogen) atoms. The first-order chi connectivity index (χ1) is 12.1. The van der Waals surface area contributed by atoms with Crippen LogP contribution in [0.2, 0.25) is 0 Å². The molecule has 1 aliphatic carbocycles. The molecule has 2 N–H and O–H groups in total. The van der Waals surface area contributed by atoms with Gasteiger partial charge in [-0.05, 0) is 43.0 Å². The molecule has 1 aliphatic rings. The lowest BCUT2D eigenvalue weighted by molar-refractivity contribution is -0.136. The Bertz CT molecular complexity index is 807. The molecule has 130 valence electrons. The summed E-state index contributed by atoms with van der Waals surface area (Å²) in [7, 11) is 0. The first kappa shape index (κ1) is 17.0. The first-order valence-corrected chi connectivity index (χ1v) is 8.20. The van der Waals surface area contributed by atoms with E-state index >= 15 is 0 Å². The topological polar surface area (TPSA) is 67.4 Å². The van der Waals surface area contributed by atoms with Gasteiger partial charge in [-0.3, -0.25) is 9.59 Å². The zero-order valence-electron chi connectivity index (χ0n) is 13.8. The fraction of sp³-hybridized carbons (Fsp3) is 0.263. The lowest BCUT2D eigenvalue weighted by Gasteiger charge is -2.15. The molecule has 0 unspecified atom stereocenters. The SMILES string of the molecule is CCOc1ccc(F)cc1NC(=O)C(=O)N[C@@H]1CCc2ccccc21. The fourth-order valence-corrected chi connectivity index (χ4v) is 2.99. The largest absolute Gasteiger partial charge is 0.492 e. The lowest BCUT2D eigenvalue weighted by Crippen LogP contribution is -2.37. The quantitative estimate of drug-likeness (QED) is 0.840. The van der Waals surface area contributed by atoms with Crippen molar-refractivity contribution in [3.05, 3.63) is 59.4 Å². The zero-order chi connectivity index (χ0) is 17.8. The van der Waals surface area contributed by atoms with Gasteiger partial charge in [-0.1, -0.05) is 24.3 Å². The van der Waals surface area contributed by atoms with Gasteiger partial charge in [-0.2, -0.15) is 0 Å². The molecule has 0 saturated carbocycles. The number of benzene rings is 2. The lowest BCUT2D eigenvalue weighted by atomic mass is 10.1. The summed E-state index contributed by atoms with van der Waals surface area (Å²) in [5, 5.41) is 5.15. The molecule has 2 aromatic rings. The van der Waals surface area contributed by atoms with E-state index in [1.807, 2.05) is 24.3 Å². The smallest absolute Gasteiger partial charge is 0.313 e. The Balaban J connectivity index is 1.68. The Morgan fingerprint density at radius 3 is 2.80 bits per heavy atom. The van der Waals surface area contributed by atoms with Crippen LogP contribution in [0, 0.1) is 5.82 Å². The van der Waals surface area contributed by atoms with Gasteiger partial charge < -0.3 is 15.4 Å². The van der Waals surface area contributed by atoms with Crippen molar-refractivity contribution >= 4 is 17.5 Å². The summed E-state index contributed by atoms with van der Waals surface area (Å²) in [6, 6.07) is 11.4. The molecule has 2 amide bonds. The number of fused-ring (bicyclic) bond motifs is 1. The standard InChI is InChI=1S/C19H19FN2O3/c1-2-25-17-10-8-13(20)11-16(17)22-19(24)18(23)21-15-9-7-12-5-3-4-6-14(12)15/h3-6,8,10-11,15H,2,7,9H2,1H3,(H,21,23)(H,22,24)/t15-/m1/s1. The van der Waals surface area contributed by atoms with Crippen LogP contribution in [0.15, 0.2) is 42.5 Å². The van der Waals surface area contributed by atoms with Gasteiger partial charge in [0.1, 0.15) is 11.6 Å². The van der Waals surface area contributed by atoms with Gasteiger partial charge in [0.05, 0.1) is 18.3 Å². The second kappa shape index (κ2) is 7.34. The third kappa shape index (κ3) is 3.79. The second-order valence-electron chi connectivity index (χ2n) is 5.79. The molecule has 1 atom stereocenters. The number of amides is 2. The maximum atomic E-state index is 13.4. The molecule has 5 nitrogen and oxygen atoms in total. The number of nitrogens with one attached hydrogen (secondary N) is 2. The number of hydrogen-bond acceptors (Lipinski definition) is 3. The van der Waals surface area contributed by atoms with Gasteiger partial charge >= 0.3 is 11.8 Å². The number of hydrogen-bond donors (Lipinski definition) is 2. The van der Waals surface area contributed by atoms with E-state index in [-0.39, 0.29) is 11.7 Å². The summed E-state index contributed by atoms with van der Waals surface area (Å²) in [6.07, 6.45) is 1.61. The van der Waals surface area contributed by atoms with Crippen molar-refractivity contribution in [2.45, 2.75) is 25.8 Å². The molecule has 0 fully saturated rings. The van der Waals surface area contributed by atoms with Crippen LogP contribution in [-0.2, 0) is 16.0 Å². The van der Waals surface area contributed by atoms with Crippen molar-refractivity contribution in [3.63, 3.8) is 0 Å². The average Bonchev–Trinajstić information content (AvgIpc) is 3.00. The van der Waals surface area contributed by atoms with E-state index in [0.717, 1.165) is 24.5 Å². The van der Waals surface area contributed by atoms with Crippen LogP contribution >= 0.6 is 0 Å². The minimum Gasteiger partial charge on any atom is -0.492 e. The molecular weight excluding hydrogens is 323 g/mol. The predicted molar refractivity (Wildman–Crippen MR) is 91.8 cm³/mol. The molecule has 0 bridgehead atoms. The van der Waals surface area contributed by atoms with Crippen molar-refractivity contribution in [2.75, 3.05) is 11.9 Å². The molecule has 0 heterocycles. The van der Waals surface area contributed by atoms with Gasteiger partial charge in [0.15, 0.2) is 0 Å². The highest BCUT2D eigenvalue weighted by atomic mass is 19.1. The minimum atomic E-state index is -0.851. The van der Waals surface area contributed by atoms with Gasteiger partial charge in [-0.25, -0.2) is 4.39 Å². The fourth-order valence-electron chi connectivity index (χ4n) is 2.99. The number of carbonyl (C=O) groups excluding carboxylic acids is 2. The van der Waals surface area contributed by atoms with Gasteiger partial charge in [-0.15, -0.1) is 0 Å². The van der Waals surface area contributed by atoms with Gasteiger partial charge in [0, 0.05) is 6.07 Å². The van der Waals surface area contributed by atoms with Crippen LogP contribution < -0.4 is 15.4 Å². The molecule has 0 radical (unpaired) electrons. The van der Waals surface area contributed by atoms with Crippen LogP contribution in [0.4, 0.5) is 10.1 Å². The number of carbonyl (C=O) groups is 2. The summed E-state index contributed by atoms with van der Waals surface area (Å²) < 4.78 is 18.8. The third-order valence-corrected chi connectivity index (χ3v) is 4.13. The normalized spacial score (nSPS) is 15.4. The highest BCUT2D eigenvalue weighted by molar-refractivity contribution is 6.39. The molecule has 6 heteroatoms. The Morgan fingerprint density at radius 1 is 1.20 bits per heavy atom. The van der Waals surface area contributed by atoms with E-state index in [1.165, 1.54) is 17.7 Å². The highest BCUT2D eigenvalue weighted by Crippen LogP contribution is 2.30. The Hall–Kier alpha value is -2.89. The molecule has 0 saturated heterocycles. The van der Waals surface area contributed by atoms with Crippen LogP contribution in [-0.4, -0.2) is 18.4 Å². The van der Waals surface area contributed by atoms with E-state index in [2.05, 4.69) is 10.6 Å². The van der Waals surface area contributed by atoms with Crippen molar-refractivity contribution in [1.82, 2.24) is 5.32 Å². The molecule has 0 aromatic heterocycles. The highest BCUT2D eigenvalue weighted by Gasteiger charge is 2.26. The van der Waals surface area contributed by atoms with E-state index in [4.69, 9.17) is 4.74 Å². The van der Waals surface area contributed by atoms with Crippen molar-refractivity contribution in [3.8, 4) is 5.75 Å². The summed E-state index contributed by atoms with van der Waals surface area (Å²) >= 11 is 0. The first-order valence-electron chi connectivity index (χ1n) is 8.20. The number of rotatable bonds is 4. The van der Waals surface area contributed by atoms with E-state index in [0.29, 0.717) is 12.4 Å². The molecular formula is C19H19FN2O3. The minimum absolute atomic E-state index is 0.133. The van der Waals surface area contributed by atoms with E-state index < -0.39 is 17.6 Å². The second-order valence-corrected chi connectivity index (χ2v) is 5.79. The van der Waals surface area contributed by atoms with Crippen LogP contribution in [0.25, 0.3) is 0 Å². The van der Waals surface area contributed by atoms with Crippen molar-refractivity contribution in [1.29, 1.82) is 0 Å². The zero-order valence-corrected chi connectivity index (χ0v) is 13.8. The maximum Gasteiger partial charge on any atom is 0.313 e. The number of anilines is 1. The molecule has 2 aromatic carbocycles. The molecule has 3 rings (SSSR count). The van der Waals surface area contributed by atoms with E-state index in [9.17, 15) is 14.0 Å². The monoisotopic (exact) mass is 342 g/mol. The molecule has 0 aliphatic heterocycles. The summed E-state index contributed by atoms with van der Waals surface area (Å²) in [4.78, 5) is 24.4. The summed E-state index contributed by atoms with van der Waals surface area (Å²) in [6.45, 7) is 2.14. The van der Waals surface area contributed by atoms with Crippen LogP contribution in [0.1, 0.15) is 30.5 Å². The summed E-state index contributed by atoms with van der Waals surface area (Å²) in [5.41, 5.74) is 2.34. The maximum absolute atomic E-state index is 13.4. The van der Waals surface area contributed by atoms with Gasteiger partial charge in [0.25, 0.3) is 0 Å². The average molecular weight is 342 g/mol. The third-order valence-electron chi connectivity index (χ3n) is 4.13. The van der Waals surface area contributed by atoms with Crippen molar-refractivity contribution < 1.29 is 18.7 Å². The Morgan fingerprint density at radius 2 is 2.00 bits per heavy atom. The van der Waals surface area contributed by atoms with E-state index in [1.54, 1.807) is 6.92 Å². The molecule has 0 spiro atoms. The number of halogens is 1. The van der Waals surface area contributed by atoms with Crippen LogP contribution in [0.5, 0.6) is 5.75 Å². The summed E-state index contributed by atoms with van der Waals surface area (Å²) in [5.74, 6) is -1.82. The van der Waals surface area contributed by atoms with Gasteiger partial charge in [0.2, 0.25) is 0 Å². The Labute approximate surface area is 145 Å². The van der Waals surface area contributed by atoms with Crippen molar-refractivity contribution in [2.24, 2.45) is 0 Å². The van der Waals surface area contributed by atoms with Crippen LogP contribution in [0.3, 0.4) is 0 Å². The number of aryl methyl sites for hydroxylation is 1. The predicted octanol–water partition coefficient (Wildman–Crippen LogP) is 2.97. The number of ether oxygens (including phenoxy) is 1.